The molecule has 7 heteroatoms. The second-order valence-electron chi connectivity index (χ2n) is 20.6. The van der Waals surface area contributed by atoms with E-state index in [-0.39, 0.29) is 11.6 Å². The summed E-state index contributed by atoms with van der Waals surface area (Å²) in [6.07, 6.45) is 0. The molecule has 5 heterocycles. The van der Waals surface area contributed by atoms with E-state index in [1.54, 1.807) is 24.3 Å². The molecule has 0 saturated heterocycles. The molecule has 3 nitrogen and oxygen atoms in total. The Hall–Kier alpha value is -8.88. The zero-order chi connectivity index (χ0) is 50.6. The van der Waals surface area contributed by atoms with Crippen LogP contribution in [0.4, 0.5) is 8.78 Å². The van der Waals surface area contributed by atoms with E-state index >= 15 is 8.78 Å². The first-order valence-corrected chi connectivity index (χ1v) is 27.3. The van der Waals surface area contributed by atoms with E-state index in [9.17, 15) is 0 Å². The van der Waals surface area contributed by atoms with Crippen LogP contribution < -0.4 is 0 Å². The average molecular weight is 1020 g/mol. The molecule has 360 valence electrons. The van der Waals surface area contributed by atoms with Gasteiger partial charge in [-0.2, -0.15) is 0 Å². The molecule has 5 aromatic heterocycles. The highest BCUT2D eigenvalue weighted by atomic mass is 32.1. The molecule has 0 fully saturated rings. The fraction of sp³-hybridized carbons (Fsp3) is 0.0435. The van der Waals surface area contributed by atoms with Gasteiger partial charge in [-0.25, -0.2) is 8.78 Å². The van der Waals surface area contributed by atoms with Crippen molar-refractivity contribution in [3.8, 4) is 33.6 Å². The average Bonchev–Trinajstić information content (AvgIpc) is 4.44. The Morgan fingerprint density at radius 2 is 0.724 bits per heavy atom. The van der Waals surface area contributed by atoms with Crippen molar-refractivity contribution in [3.05, 3.63) is 242 Å². The lowest BCUT2D eigenvalue weighted by molar-refractivity contribution is 0.462. The highest BCUT2D eigenvalue weighted by Crippen LogP contribution is 2.54. The summed E-state index contributed by atoms with van der Waals surface area (Å²) in [5.74, 6) is -0.683. The quantitative estimate of drug-likeness (QED) is 0.158. The number of para-hydroxylation sites is 4. The zero-order valence-electron chi connectivity index (χ0n) is 41.3. The molecule has 0 radical (unpaired) electrons. The van der Waals surface area contributed by atoms with Crippen LogP contribution in [0.1, 0.15) is 19.4 Å². The second kappa shape index (κ2) is 16.1. The van der Waals surface area contributed by atoms with Gasteiger partial charge in [0.05, 0.1) is 39.0 Å². The van der Waals surface area contributed by atoms with Gasteiger partial charge in [0.25, 0.3) is 0 Å². The summed E-state index contributed by atoms with van der Waals surface area (Å²) in [5.41, 5.74) is 11.2. The van der Waals surface area contributed by atoms with Gasteiger partial charge in [0.1, 0.15) is 11.6 Å². The zero-order valence-corrected chi connectivity index (χ0v) is 42.9. The van der Waals surface area contributed by atoms with Gasteiger partial charge in [0.2, 0.25) is 0 Å². The summed E-state index contributed by atoms with van der Waals surface area (Å²) in [4.78, 5) is 0. The largest absolute Gasteiger partial charge is 0.330 e. The molecule has 76 heavy (non-hydrogen) atoms. The fourth-order valence-corrected chi connectivity index (χ4v) is 15.4. The normalized spacial score (nSPS) is 12.5. The van der Waals surface area contributed by atoms with Crippen molar-refractivity contribution >= 4 is 128 Å². The second-order valence-corrected chi connectivity index (χ2v) is 22.7. The molecular formula is C69H43F2N3S2. The minimum absolute atomic E-state index is 0.342. The van der Waals surface area contributed by atoms with E-state index in [1.165, 1.54) is 52.5 Å². The van der Waals surface area contributed by atoms with E-state index in [0.717, 1.165) is 93.5 Å². The first-order chi connectivity index (χ1) is 37.3. The molecule has 0 saturated carbocycles. The highest BCUT2D eigenvalue weighted by Gasteiger charge is 2.38. The third-order valence-corrected chi connectivity index (χ3v) is 18.4. The van der Waals surface area contributed by atoms with E-state index in [1.807, 2.05) is 34.8 Å². The number of aromatic nitrogens is 3. The lowest BCUT2D eigenvalue weighted by Gasteiger charge is -2.37. The minimum atomic E-state index is -0.924. The predicted octanol–water partition coefficient (Wildman–Crippen LogP) is 20.1. The van der Waals surface area contributed by atoms with Crippen molar-refractivity contribution in [2.24, 2.45) is 0 Å². The summed E-state index contributed by atoms with van der Waals surface area (Å²) in [6.45, 7) is 4.69. The first kappa shape index (κ1) is 43.5. The summed E-state index contributed by atoms with van der Waals surface area (Å²) in [6, 6.07) is 77.7. The van der Waals surface area contributed by atoms with Gasteiger partial charge in [-0.15, -0.1) is 22.7 Å². The van der Waals surface area contributed by atoms with Crippen molar-refractivity contribution in [2.45, 2.75) is 19.4 Å². The van der Waals surface area contributed by atoms with Crippen LogP contribution in [0.3, 0.4) is 0 Å². The Morgan fingerprint density at radius 3 is 1.17 bits per heavy atom. The van der Waals surface area contributed by atoms with Crippen LogP contribution in [-0.2, 0) is 5.54 Å². The monoisotopic (exact) mass is 1020 g/mol. The number of thiophene rings is 2. The Kier molecular flexibility index (Phi) is 9.20. The SMILES string of the molecule is CC(C)(c1c(-n2c3ccccc3c3c4c(ccc32)sc2ccccc24)c(-c2cccc(F)c2)cc(-c2cccc(F)c2)c1-n1c2ccccc2c2c3c(ccc21)sc1ccccc13)n1c2ccccc2c2ccccc21. The maximum absolute atomic E-state index is 16.3. The Morgan fingerprint density at radius 1 is 0.329 bits per heavy atom. The van der Waals surface area contributed by atoms with Crippen LogP contribution in [0.25, 0.3) is 139 Å². The number of hydrogen-bond donors (Lipinski definition) is 0. The van der Waals surface area contributed by atoms with Crippen molar-refractivity contribution in [1.29, 1.82) is 0 Å². The summed E-state index contributed by atoms with van der Waals surface area (Å²) in [5, 5.41) is 11.7. The Balaban J connectivity index is 1.21. The summed E-state index contributed by atoms with van der Waals surface area (Å²) < 4.78 is 45.0. The molecule has 0 N–H and O–H groups in total. The molecule has 0 amide bonds. The smallest absolute Gasteiger partial charge is 0.123 e. The number of nitrogens with zero attached hydrogens (tertiary/aromatic N) is 3. The van der Waals surface area contributed by atoms with Crippen LogP contribution in [0.5, 0.6) is 0 Å². The van der Waals surface area contributed by atoms with E-state index in [0.29, 0.717) is 11.1 Å². The fourth-order valence-electron chi connectivity index (χ4n) is 13.1. The van der Waals surface area contributed by atoms with Gasteiger partial charge in [-0.05, 0) is 116 Å². The Labute approximate surface area is 442 Å². The molecule has 11 aromatic carbocycles. The van der Waals surface area contributed by atoms with Gasteiger partial charge in [-0.3, -0.25) is 0 Å². The highest BCUT2D eigenvalue weighted by molar-refractivity contribution is 7.26. The van der Waals surface area contributed by atoms with E-state index in [2.05, 4.69) is 203 Å². The molecule has 0 aliphatic heterocycles. The third kappa shape index (κ3) is 6.01. The summed E-state index contributed by atoms with van der Waals surface area (Å²) in [7, 11) is 0. The van der Waals surface area contributed by atoms with Crippen molar-refractivity contribution in [2.75, 3.05) is 0 Å². The maximum Gasteiger partial charge on any atom is 0.123 e. The van der Waals surface area contributed by atoms with Crippen LogP contribution in [0.15, 0.2) is 224 Å². The first-order valence-electron chi connectivity index (χ1n) is 25.7. The number of rotatable bonds is 6. The maximum atomic E-state index is 16.3. The number of halogens is 2. The van der Waals surface area contributed by atoms with Gasteiger partial charge in [0, 0.05) is 100 Å². The van der Waals surface area contributed by atoms with Crippen LogP contribution in [0.2, 0.25) is 0 Å². The van der Waals surface area contributed by atoms with Crippen molar-refractivity contribution in [3.63, 3.8) is 0 Å². The van der Waals surface area contributed by atoms with Crippen LogP contribution in [-0.4, -0.2) is 13.7 Å². The molecule has 0 spiro atoms. The van der Waals surface area contributed by atoms with Gasteiger partial charge >= 0.3 is 0 Å². The predicted molar refractivity (Wildman–Crippen MR) is 320 cm³/mol. The van der Waals surface area contributed by atoms with Crippen LogP contribution in [0, 0.1) is 11.6 Å². The van der Waals surface area contributed by atoms with Crippen molar-refractivity contribution in [1.82, 2.24) is 13.7 Å². The molecule has 0 atom stereocenters. The molecular weight excluding hydrogens is 973 g/mol. The lowest BCUT2D eigenvalue weighted by Crippen LogP contribution is -2.31. The third-order valence-electron chi connectivity index (χ3n) is 16.1. The van der Waals surface area contributed by atoms with Crippen LogP contribution >= 0.6 is 22.7 Å². The molecule has 16 aromatic rings. The number of hydrogen-bond acceptors (Lipinski definition) is 2. The molecule has 0 aliphatic rings. The topological polar surface area (TPSA) is 14.8 Å². The lowest BCUT2D eigenvalue weighted by atomic mass is 9.82. The molecule has 0 unspecified atom stereocenters. The standard InChI is InChI=1S/C69H43F2N3S2/c1-69(2,74-54-29-11-3-21-44(54)45-22-4-12-30-55(45)74)66-67(72-52-27-9-5-23-46(52)62-56(72)33-35-60-64(62)48-25-7-13-31-58(48)75-60)50(40-17-15-19-42(70)37-40)39-51(41-18-16-20-43(71)38-41)68(66)73-53-28-10-6-24-47(53)63-57(73)34-36-61-65(63)49-26-8-14-32-59(49)76-61/h3-39H,1-2H3. The minimum Gasteiger partial charge on any atom is -0.330 e. The molecule has 0 bridgehead atoms. The van der Waals surface area contributed by atoms with E-state index in [4.69, 9.17) is 0 Å². The molecule has 0 aliphatic carbocycles. The van der Waals surface area contributed by atoms with Crippen molar-refractivity contribution < 1.29 is 8.78 Å². The van der Waals surface area contributed by atoms with E-state index < -0.39 is 5.54 Å². The number of benzene rings is 11. The molecule has 16 rings (SSSR count). The number of fused-ring (bicyclic) bond motifs is 17. The Bertz CT molecular complexity index is 4830. The van der Waals surface area contributed by atoms with Gasteiger partial charge in [0.15, 0.2) is 0 Å². The summed E-state index contributed by atoms with van der Waals surface area (Å²) >= 11 is 3.64. The van der Waals surface area contributed by atoms with Gasteiger partial charge < -0.3 is 13.7 Å². The van der Waals surface area contributed by atoms with Gasteiger partial charge in [-0.1, -0.05) is 133 Å².